The zero-order chi connectivity index (χ0) is 7.71. The molecule has 0 aliphatic heterocycles. The van der Waals surface area contributed by atoms with Crippen LogP contribution < -0.4 is 0 Å². The molecule has 5 heteroatoms. The normalized spacial score (nSPS) is 19.3. The molecule has 0 aliphatic carbocycles. The highest BCUT2D eigenvalue weighted by atomic mass is 79.9. The van der Waals surface area contributed by atoms with E-state index in [2.05, 4.69) is 0 Å². The molecule has 0 N–H and O–H groups in total. The summed E-state index contributed by atoms with van der Waals surface area (Å²) in [6.07, 6.45) is -0.438. The maximum Gasteiger partial charge on any atom is 0.348 e. The fourth-order valence-corrected chi connectivity index (χ4v) is 0.481. The summed E-state index contributed by atoms with van der Waals surface area (Å²) in [5, 5.41) is -2.97. The maximum atomic E-state index is 12.3. The van der Waals surface area contributed by atoms with E-state index in [0.29, 0.717) is 0 Å². The molecule has 0 aromatic carbocycles. The van der Waals surface area contributed by atoms with Gasteiger partial charge in [0, 0.05) is 0 Å². The molecule has 0 fully saturated rings. The van der Waals surface area contributed by atoms with Crippen LogP contribution in [0.4, 0.5) is 13.2 Å². The first-order chi connectivity index (χ1) is 3.81. The van der Waals surface area contributed by atoms with Gasteiger partial charge < -0.3 is 0 Å². The van der Waals surface area contributed by atoms with Gasteiger partial charge in [-0.15, -0.1) is 0 Å². The molecule has 0 nitrogen and oxygen atoms in total. The van der Waals surface area contributed by atoms with Crippen molar-refractivity contribution in [1.82, 2.24) is 0 Å². The molecule has 56 valence electrons. The van der Waals surface area contributed by atoms with Crippen molar-refractivity contribution in [2.45, 2.75) is 23.3 Å². The van der Waals surface area contributed by atoms with Gasteiger partial charge in [0.1, 0.15) is 0 Å². The molecule has 0 radical (unpaired) electrons. The van der Waals surface area contributed by atoms with E-state index in [4.69, 9.17) is 11.6 Å². The molecule has 0 aromatic rings. The van der Waals surface area contributed by atoms with E-state index < -0.39 is 16.4 Å². The molecular weight excluding hydrogens is 220 g/mol. The summed E-state index contributed by atoms with van der Waals surface area (Å²) in [6.45, 7) is 1.24. The molecule has 0 spiro atoms. The minimum absolute atomic E-state index is 0.438. The lowest BCUT2D eigenvalue weighted by molar-refractivity contribution is -0.00678. The van der Waals surface area contributed by atoms with Gasteiger partial charge in [-0.1, -0.05) is 18.5 Å². The van der Waals surface area contributed by atoms with Crippen molar-refractivity contribution in [3.63, 3.8) is 0 Å². The van der Waals surface area contributed by atoms with Crippen molar-refractivity contribution in [1.29, 1.82) is 0 Å². The first kappa shape index (κ1) is 9.56. The lowest BCUT2D eigenvalue weighted by Crippen LogP contribution is -2.32. The average molecular weight is 225 g/mol. The molecule has 0 bridgehead atoms. The summed E-state index contributed by atoms with van der Waals surface area (Å²) >= 11 is 6.55. The third-order valence-electron chi connectivity index (χ3n) is 0.859. The molecule has 0 aliphatic rings. The van der Waals surface area contributed by atoms with Gasteiger partial charge in [0.15, 0.2) is 0 Å². The fourth-order valence-electron chi connectivity index (χ4n) is 0.200. The number of alkyl halides is 5. The second-order valence-corrected chi connectivity index (χ2v) is 3.15. The average Bonchev–Trinajstić information content (AvgIpc) is 1.64. The Labute approximate surface area is 64.5 Å². The zero-order valence-electron chi connectivity index (χ0n) is 4.60. The molecule has 1 unspecified atom stereocenters. The van der Waals surface area contributed by atoms with Gasteiger partial charge in [-0.2, -0.15) is 8.78 Å². The molecule has 0 rings (SSSR count). The smallest absolute Gasteiger partial charge is 0.218 e. The molecule has 0 aromatic heterocycles. The molecular formula is C4H5BrClF3. The van der Waals surface area contributed by atoms with E-state index in [9.17, 15) is 13.2 Å². The van der Waals surface area contributed by atoms with Crippen molar-refractivity contribution in [3.05, 3.63) is 0 Å². The molecule has 0 heterocycles. The number of halogens is 5. The second-order valence-electron chi connectivity index (χ2n) is 1.56. The number of rotatable bonds is 2. The molecule has 0 amide bonds. The third-order valence-corrected chi connectivity index (χ3v) is 2.22. The summed E-state index contributed by atoms with van der Waals surface area (Å²) in [5.74, 6) is 0. The van der Waals surface area contributed by atoms with E-state index in [1.807, 2.05) is 15.9 Å². The van der Waals surface area contributed by atoms with Gasteiger partial charge in [0.25, 0.3) is 5.13 Å². The Balaban J connectivity index is 4.14. The van der Waals surface area contributed by atoms with E-state index in [1.54, 1.807) is 0 Å². The van der Waals surface area contributed by atoms with Crippen molar-refractivity contribution in [3.8, 4) is 0 Å². The van der Waals surface area contributed by atoms with Crippen molar-refractivity contribution >= 4 is 27.5 Å². The van der Waals surface area contributed by atoms with E-state index in [0.717, 1.165) is 0 Å². The highest BCUT2D eigenvalue weighted by Gasteiger charge is 2.50. The summed E-state index contributed by atoms with van der Waals surface area (Å²) in [4.78, 5) is -3.64. The standard InChI is InChI=1S/C4H5BrClF3/c1-2-3(6,7)4(5,8)9/h2H2,1H3. The summed E-state index contributed by atoms with van der Waals surface area (Å²) in [6, 6.07) is 0. The Morgan fingerprint density at radius 1 is 1.44 bits per heavy atom. The second kappa shape index (κ2) is 2.66. The molecule has 0 saturated carbocycles. The monoisotopic (exact) mass is 224 g/mol. The lowest BCUT2D eigenvalue weighted by Gasteiger charge is -2.20. The van der Waals surface area contributed by atoms with Crippen LogP contribution in [0, 0.1) is 0 Å². The quantitative estimate of drug-likeness (QED) is 0.633. The van der Waals surface area contributed by atoms with Crippen LogP contribution in [-0.4, -0.2) is 9.96 Å². The highest BCUT2D eigenvalue weighted by molar-refractivity contribution is 9.10. The molecule has 9 heavy (non-hydrogen) atoms. The number of hydrogen-bond acceptors (Lipinski definition) is 0. The fraction of sp³-hybridized carbons (Fsp3) is 1.00. The SMILES string of the molecule is CCC(F)(Cl)C(F)(F)Br. The van der Waals surface area contributed by atoms with Crippen LogP contribution in [0.5, 0.6) is 0 Å². The Morgan fingerprint density at radius 3 is 1.78 bits per heavy atom. The Kier molecular flexibility index (Phi) is 2.83. The largest absolute Gasteiger partial charge is 0.348 e. The van der Waals surface area contributed by atoms with Gasteiger partial charge in [-0.3, -0.25) is 0 Å². The summed E-state index contributed by atoms with van der Waals surface area (Å²) in [5.41, 5.74) is 0. The van der Waals surface area contributed by atoms with E-state index in [1.165, 1.54) is 6.92 Å². The predicted octanol–water partition coefficient (Wildman–Crippen LogP) is 3.29. The van der Waals surface area contributed by atoms with Crippen LogP contribution in [0.1, 0.15) is 13.3 Å². The topological polar surface area (TPSA) is 0 Å². The first-order valence-corrected chi connectivity index (χ1v) is 3.43. The summed E-state index contributed by atoms with van der Waals surface area (Å²) in [7, 11) is 0. The Hall–Kier alpha value is 0.560. The van der Waals surface area contributed by atoms with Gasteiger partial charge in [0.2, 0.25) is 0 Å². The summed E-state index contributed by atoms with van der Waals surface area (Å²) < 4.78 is 36.1. The predicted molar refractivity (Wildman–Crippen MR) is 33.9 cm³/mol. The minimum Gasteiger partial charge on any atom is -0.218 e. The molecule has 0 saturated heterocycles. The van der Waals surface area contributed by atoms with Crippen LogP contribution in [0.3, 0.4) is 0 Å². The van der Waals surface area contributed by atoms with Crippen molar-refractivity contribution < 1.29 is 13.2 Å². The van der Waals surface area contributed by atoms with Gasteiger partial charge in [0.05, 0.1) is 0 Å². The van der Waals surface area contributed by atoms with Crippen molar-refractivity contribution in [2.24, 2.45) is 0 Å². The van der Waals surface area contributed by atoms with Crippen LogP contribution in [-0.2, 0) is 0 Å². The van der Waals surface area contributed by atoms with Gasteiger partial charge in [-0.25, -0.2) is 4.39 Å². The molecule has 1 atom stereocenters. The third kappa shape index (κ3) is 2.34. The van der Waals surface area contributed by atoms with E-state index >= 15 is 0 Å². The first-order valence-electron chi connectivity index (χ1n) is 2.26. The van der Waals surface area contributed by atoms with Crippen LogP contribution >= 0.6 is 27.5 Å². The van der Waals surface area contributed by atoms with Gasteiger partial charge in [-0.05, 0) is 22.4 Å². The van der Waals surface area contributed by atoms with E-state index in [-0.39, 0.29) is 0 Å². The van der Waals surface area contributed by atoms with Crippen LogP contribution in [0.25, 0.3) is 0 Å². The number of hydrogen-bond donors (Lipinski definition) is 0. The van der Waals surface area contributed by atoms with Gasteiger partial charge >= 0.3 is 4.83 Å². The lowest BCUT2D eigenvalue weighted by atomic mass is 10.3. The minimum atomic E-state index is -3.64. The zero-order valence-corrected chi connectivity index (χ0v) is 6.94. The van der Waals surface area contributed by atoms with Crippen LogP contribution in [0.15, 0.2) is 0 Å². The highest BCUT2D eigenvalue weighted by Crippen LogP contribution is 2.43. The van der Waals surface area contributed by atoms with Crippen LogP contribution in [0.2, 0.25) is 0 Å². The van der Waals surface area contributed by atoms with Crippen molar-refractivity contribution in [2.75, 3.05) is 0 Å². The maximum absolute atomic E-state index is 12.3. The Bertz CT molecular complexity index is 98.5. The Morgan fingerprint density at radius 2 is 1.78 bits per heavy atom.